The van der Waals surface area contributed by atoms with Crippen LogP contribution >= 0.6 is 0 Å². The summed E-state index contributed by atoms with van der Waals surface area (Å²) < 4.78 is 40.8. The van der Waals surface area contributed by atoms with E-state index in [0.717, 1.165) is 19.3 Å². The molecule has 1 aliphatic rings. The molecule has 0 radical (unpaired) electrons. The van der Waals surface area contributed by atoms with Crippen molar-refractivity contribution in [2.75, 3.05) is 38.1 Å². The molecule has 0 aromatic heterocycles. The fourth-order valence-electron chi connectivity index (χ4n) is 4.49. The molecular weight excluding hydrogens is 506 g/mol. The summed E-state index contributed by atoms with van der Waals surface area (Å²) >= 11 is 0. The molecule has 0 unspecified atom stereocenters. The highest BCUT2D eigenvalue weighted by atomic mass is 32.2. The topological polar surface area (TPSA) is 117 Å². The van der Waals surface area contributed by atoms with Crippen molar-refractivity contribution in [3.8, 4) is 5.75 Å². The van der Waals surface area contributed by atoms with Crippen molar-refractivity contribution >= 4 is 21.6 Å². The zero-order valence-corrected chi connectivity index (χ0v) is 23.5. The third-order valence-electron chi connectivity index (χ3n) is 6.76. The van der Waals surface area contributed by atoms with Crippen LogP contribution in [0.3, 0.4) is 0 Å². The van der Waals surface area contributed by atoms with Crippen LogP contribution in [-0.4, -0.2) is 75.9 Å². The van der Waals surface area contributed by atoms with Crippen molar-refractivity contribution in [1.29, 1.82) is 0 Å². The van der Waals surface area contributed by atoms with E-state index in [0.29, 0.717) is 25.4 Å². The molecule has 1 heterocycles. The van der Waals surface area contributed by atoms with E-state index < -0.39 is 16.1 Å². The minimum atomic E-state index is -3.85. The number of anilines is 1. The highest BCUT2D eigenvalue weighted by Crippen LogP contribution is 2.29. The molecule has 1 amide bonds. The molecule has 210 valence electrons. The Hall–Kier alpha value is -2.66. The van der Waals surface area contributed by atoms with E-state index in [1.165, 1.54) is 18.2 Å². The van der Waals surface area contributed by atoms with Crippen LogP contribution in [0.2, 0.25) is 0 Å². The van der Waals surface area contributed by atoms with Gasteiger partial charge in [0.15, 0.2) is 0 Å². The quantitative estimate of drug-likeness (QED) is 0.486. The fourth-order valence-corrected chi connectivity index (χ4v) is 5.56. The molecule has 0 aliphatic carbocycles. The normalized spacial score (nSPS) is 22.6. The number of nitrogens with one attached hydrogen (secondary N) is 2. The van der Waals surface area contributed by atoms with E-state index >= 15 is 0 Å². The van der Waals surface area contributed by atoms with E-state index in [1.54, 1.807) is 42.2 Å². The Kier molecular flexibility index (Phi) is 11.0. The van der Waals surface area contributed by atoms with Crippen molar-refractivity contribution < 1.29 is 27.8 Å². The Balaban J connectivity index is 2.02. The van der Waals surface area contributed by atoms with Crippen LogP contribution in [0.5, 0.6) is 5.75 Å². The molecule has 2 aromatic carbocycles. The molecule has 1 aliphatic heterocycles. The number of benzene rings is 2. The number of rotatable bonds is 7. The summed E-state index contributed by atoms with van der Waals surface area (Å²) in [7, 11) is -1.98. The van der Waals surface area contributed by atoms with E-state index in [9.17, 15) is 18.3 Å². The molecule has 0 bridgehead atoms. The first-order valence-electron chi connectivity index (χ1n) is 13.2. The summed E-state index contributed by atoms with van der Waals surface area (Å²) in [5.74, 6) is 0.0149. The number of hydrogen-bond donors (Lipinski definition) is 3. The first-order valence-corrected chi connectivity index (χ1v) is 14.7. The van der Waals surface area contributed by atoms with Crippen molar-refractivity contribution in [2.45, 2.75) is 63.2 Å². The van der Waals surface area contributed by atoms with Crippen molar-refractivity contribution in [2.24, 2.45) is 5.92 Å². The summed E-state index contributed by atoms with van der Waals surface area (Å²) in [6, 6.07) is 12.3. The lowest BCUT2D eigenvalue weighted by Gasteiger charge is -2.34. The number of carbonyl (C=O) groups excluding carboxylic acids is 1. The van der Waals surface area contributed by atoms with Gasteiger partial charge in [0.25, 0.3) is 15.9 Å². The first-order chi connectivity index (χ1) is 18.2. The lowest BCUT2D eigenvalue weighted by atomic mass is 10.0. The number of sulfonamides is 1. The largest absolute Gasteiger partial charge is 0.490 e. The molecule has 38 heavy (non-hydrogen) atoms. The van der Waals surface area contributed by atoms with Crippen LogP contribution in [0.25, 0.3) is 0 Å². The van der Waals surface area contributed by atoms with Gasteiger partial charge < -0.3 is 24.8 Å². The second-order valence-electron chi connectivity index (χ2n) is 9.99. The second kappa shape index (κ2) is 13.9. The number of likely N-dealkylation sites (N-methyl/N-ethyl adjacent to an activating group) is 1. The second-order valence-corrected chi connectivity index (χ2v) is 11.7. The van der Waals surface area contributed by atoms with Gasteiger partial charge in [0, 0.05) is 31.3 Å². The van der Waals surface area contributed by atoms with E-state index in [1.807, 2.05) is 20.9 Å². The SMILES string of the molecule is CNC[C@@H]1OCCCC[C@@H](C)Oc2ccc(NS(=O)(=O)c3ccccc3)cc2C(=O)N([C@@H](C)CO)C[C@@H]1C. The highest BCUT2D eigenvalue weighted by molar-refractivity contribution is 7.92. The zero-order valence-electron chi connectivity index (χ0n) is 22.7. The molecule has 0 saturated heterocycles. The lowest BCUT2D eigenvalue weighted by Crippen LogP contribution is -2.47. The number of aliphatic hydroxyl groups excluding tert-OH is 1. The van der Waals surface area contributed by atoms with E-state index in [-0.39, 0.29) is 46.8 Å². The Bertz CT molecular complexity index is 1140. The van der Waals surface area contributed by atoms with Gasteiger partial charge in [-0.05, 0) is 70.5 Å². The lowest BCUT2D eigenvalue weighted by molar-refractivity contribution is -0.000450. The molecule has 2 aromatic rings. The van der Waals surface area contributed by atoms with Crippen LogP contribution in [-0.2, 0) is 14.8 Å². The minimum Gasteiger partial charge on any atom is -0.490 e. The number of nitrogens with zero attached hydrogens (tertiary/aromatic N) is 1. The summed E-state index contributed by atoms with van der Waals surface area (Å²) in [6.45, 7) is 7.15. The number of aliphatic hydroxyl groups is 1. The van der Waals surface area contributed by atoms with Gasteiger partial charge in [-0.2, -0.15) is 0 Å². The maximum atomic E-state index is 14.0. The molecule has 0 saturated carbocycles. The molecule has 0 spiro atoms. The third kappa shape index (κ3) is 7.92. The van der Waals surface area contributed by atoms with Gasteiger partial charge in [0.05, 0.1) is 35.3 Å². The minimum absolute atomic E-state index is 0.0219. The van der Waals surface area contributed by atoms with Gasteiger partial charge in [0.2, 0.25) is 0 Å². The van der Waals surface area contributed by atoms with Gasteiger partial charge in [-0.1, -0.05) is 25.1 Å². The summed E-state index contributed by atoms with van der Waals surface area (Å²) in [5.41, 5.74) is 0.486. The molecular formula is C28H41N3O6S. The monoisotopic (exact) mass is 547 g/mol. The summed E-state index contributed by atoms with van der Waals surface area (Å²) in [5, 5.41) is 13.2. The average molecular weight is 548 g/mol. The molecule has 10 heteroatoms. The van der Waals surface area contributed by atoms with Crippen LogP contribution in [0.4, 0.5) is 5.69 Å². The van der Waals surface area contributed by atoms with E-state index in [2.05, 4.69) is 10.0 Å². The van der Waals surface area contributed by atoms with Gasteiger partial charge in [-0.15, -0.1) is 0 Å². The van der Waals surface area contributed by atoms with Gasteiger partial charge in [-0.25, -0.2) is 8.42 Å². The molecule has 0 fully saturated rings. The van der Waals surface area contributed by atoms with Crippen LogP contribution in [0.1, 0.15) is 50.4 Å². The standard InChI is InChI=1S/C28H41N3O6S/c1-20-18-31(21(2)19-32)28(33)25-16-23(30-38(34,35)24-11-6-5-7-12-24)13-14-26(25)37-22(3)10-8-9-15-36-27(20)17-29-4/h5-7,11-14,16,20-22,27,29-30,32H,8-10,15,17-19H2,1-4H3/t20-,21-,22+,27-/m0/s1. The highest BCUT2D eigenvalue weighted by Gasteiger charge is 2.30. The van der Waals surface area contributed by atoms with Gasteiger partial charge >= 0.3 is 0 Å². The molecule has 4 atom stereocenters. The number of ether oxygens (including phenoxy) is 2. The first kappa shape index (κ1) is 29.9. The molecule has 3 N–H and O–H groups in total. The molecule has 9 nitrogen and oxygen atoms in total. The predicted octanol–water partition coefficient (Wildman–Crippen LogP) is 3.50. The smallest absolute Gasteiger partial charge is 0.261 e. The zero-order chi connectivity index (χ0) is 27.7. The maximum absolute atomic E-state index is 14.0. The van der Waals surface area contributed by atoms with Gasteiger partial charge in [-0.3, -0.25) is 9.52 Å². The van der Waals surface area contributed by atoms with Crippen LogP contribution in [0.15, 0.2) is 53.4 Å². The van der Waals surface area contributed by atoms with E-state index in [4.69, 9.17) is 9.47 Å². The van der Waals surface area contributed by atoms with Crippen molar-refractivity contribution in [3.63, 3.8) is 0 Å². The number of fused-ring (bicyclic) bond motifs is 1. The fraction of sp³-hybridized carbons (Fsp3) is 0.536. The van der Waals surface area contributed by atoms with Crippen LogP contribution in [0, 0.1) is 5.92 Å². The molecule has 3 rings (SSSR count). The Morgan fingerprint density at radius 2 is 1.87 bits per heavy atom. The Morgan fingerprint density at radius 1 is 1.13 bits per heavy atom. The number of hydrogen-bond acceptors (Lipinski definition) is 7. The number of carbonyl (C=O) groups is 1. The number of amides is 1. The third-order valence-corrected chi connectivity index (χ3v) is 8.16. The predicted molar refractivity (Wildman–Crippen MR) is 148 cm³/mol. The van der Waals surface area contributed by atoms with Gasteiger partial charge in [0.1, 0.15) is 5.75 Å². The summed E-state index contributed by atoms with van der Waals surface area (Å²) in [6.07, 6.45) is 2.31. The summed E-state index contributed by atoms with van der Waals surface area (Å²) in [4.78, 5) is 15.7. The van der Waals surface area contributed by atoms with Crippen LogP contribution < -0.4 is 14.8 Å². The van der Waals surface area contributed by atoms with Crippen molar-refractivity contribution in [1.82, 2.24) is 10.2 Å². The maximum Gasteiger partial charge on any atom is 0.261 e. The van der Waals surface area contributed by atoms with Crippen molar-refractivity contribution in [3.05, 3.63) is 54.1 Å². The Labute approximate surface area is 226 Å². The Morgan fingerprint density at radius 3 is 2.55 bits per heavy atom. The average Bonchev–Trinajstić information content (AvgIpc) is 2.90.